The van der Waals surface area contributed by atoms with Crippen molar-refractivity contribution in [2.45, 2.75) is 30.7 Å². The maximum Gasteiger partial charge on any atom is 0.341 e. The van der Waals surface area contributed by atoms with Crippen LogP contribution in [0.5, 0.6) is 5.88 Å². The van der Waals surface area contributed by atoms with Crippen LogP contribution in [-0.2, 0) is 14.2 Å². The summed E-state index contributed by atoms with van der Waals surface area (Å²) < 4.78 is 25.3. The molecule has 5 atom stereocenters. The molecule has 4 N–H and O–H groups in total. The van der Waals surface area contributed by atoms with Gasteiger partial charge in [-0.2, -0.15) is 0 Å². The lowest BCUT2D eigenvalue weighted by Crippen LogP contribution is -2.33. The van der Waals surface area contributed by atoms with Crippen LogP contribution in [0.1, 0.15) is 34.1 Å². The van der Waals surface area contributed by atoms with Crippen molar-refractivity contribution in [2.75, 3.05) is 17.2 Å². The summed E-state index contributed by atoms with van der Waals surface area (Å²) in [7, 11) is 0. The third-order valence-corrected chi connectivity index (χ3v) is 8.12. The summed E-state index contributed by atoms with van der Waals surface area (Å²) in [6, 6.07) is 25.3. The Morgan fingerprint density at radius 3 is 2.52 bits per heavy atom. The number of nitrogens with one attached hydrogen (secondary N) is 3. The topological polar surface area (TPSA) is 183 Å². The van der Waals surface area contributed by atoms with Crippen molar-refractivity contribution in [3.05, 3.63) is 114 Å². The summed E-state index contributed by atoms with van der Waals surface area (Å²) in [5, 5.41) is 17.3. The second-order valence-corrected chi connectivity index (χ2v) is 11.2. The number of H-pyrrole nitrogens is 1. The van der Waals surface area contributed by atoms with Gasteiger partial charge in [-0.15, -0.1) is 0 Å². The van der Waals surface area contributed by atoms with Crippen LogP contribution in [-0.4, -0.2) is 66.9 Å². The van der Waals surface area contributed by atoms with Crippen molar-refractivity contribution >= 4 is 45.4 Å². The largest absolute Gasteiger partial charge is 0.477 e. The number of aromatic nitrogens is 5. The Labute approximate surface area is 272 Å². The molecule has 2 amide bonds. The first-order valence-corrected chi connectivity index (χ1v) is 15.1. The summed E-state index contributed by atoms with van der Waals surface area (Å²) >= 11 is 0. The normalized spacial score (nSPS) is 21.6. The highest BCUT2D eigenvalue weighted by atomic mass is 16.8. The molecule has 6 aromatic rings. The van der Waals surface area contributed by atoms with E-state index in [1.807, 2.05) is 60.7 Å². The molecule has 0 bridgehead atoms. The summed E-state index contributed by atoms with van der Waals surface area (Å²) in [5.41, 5.74) is 2.05. The number of benzene rings is 3. The van der Waals surface area contributed by atoms with Crippen molar-refractivity contribution in [1.29, 1.82) is 0 Å². The number of rotatable bonds is 8. The number of carboxylic acid groups (broad SMARTS) is 1. The van der Waals surface area contributed by atoms with E-state index < -0.39 is 42.7 Å². The number of imidazole rings is 1. The van der Waals surface area contributed by atoms with Gasteiger partial charge in [0.15, 0.2) is 23.6 Å². The minimum Gasteiger partial charge on any atom is -0.477 e. The van der Waals surface area contributed by atoms with Crippen LogP contribution >= 0.6 is 0 Å². The number of carboxylic acids is 1. The number of urea groups is 1. The number of carbonyl (C=O) groups excluding carboxylic acids is 1. The molecule has 2 fully saturated rings. The van der Waals surface area contributed by atoms with Crippen molar-refractivity contribution in [3.8, 4) is 5.88 Å². The number of fused-ring (bicyclic) bond motifs is 3. The molecule has 14 nitrogen and oxygen atoms in total. The fourth-order valence-corrected chi connectivity index (χ4v) is 5.90. The van der Waals surface area contributed by atoms with E-state index in [1.54, 1.807) is 12.1 Å². The third-order valence-electron chi connectivity index (χ3n) is 8.12. The quantitative estimate of drug-likeness (QED) is 0.170. The van der Waals surface area contributed by atoms with Crippen LogP contribution in [0.2, 0.25) is 0 Å². The first-order valence-electron chi connectivity index (χ1n) is 15.1. The number of ether oxygens (including phenoxy) is 4. The predicted molar refractivity (Wildman–Crippen MR) is 172 cm³/mol. The molecular weight excluding hydrogens is 618 g/mol. The van der Waals surface area contributed by atoms with Gasteiger partial charge in [-0.1, -0.05) is 54.6 Å². The number of anilines is 2. The van der Waals surface area contributed by atoms with Crippen LogP contribution in [0.4, 0.5) is 16.3 Å². The summed E-state index contributed by atoms with van der Waals surface area (Å²) in [6.07, 6.45) is -0.786. The number of hydrogen-bond acceptors (Lipinski definition) is 10. The minimum absolute atomic E-state index is 0.0521. The van der Waals surface area contributed by atoms with E-state index in [4.69, 9.17) is 18.9 Å². The smallest absolute Gasteiger partial charge is 0.341 e. The molecular formula is C34H27N7O7. The molecule has 48 heavy (non-hydrogen) atoms. The lowest BCUT2D eigenvalue weighted by Gasteiger charge is -2.21. The molecule has 2 aliphatic heterocycles. The molecule has 3 aromatic carbocycles. The van der Waals surface area contributed by atoms with Crippen LogP contribution in [0, 0.1) is 0 Å². The highest BCUT2D eigenvalue weighted by Crippen LogP contribution is 2.46. The number of nitrogens with zero attached hydrogens (tertiary/aromatic N) is 4. The van der Waals surface area contributed by atoms with Gasteiger partial charge >= 0.3 is 12.0 Å². The second-order valence-electron chi connectivity index (χ2n) is 11.2. The van der Waals surface area contributed by atoms with Gasteiger partial charge in [0.05, 0.1) is 6.33 Å². The Morgan fingerprint density at radius 2 is 1.67 bits per heavy atom. The van der Waals surface area contributed by atoms with E-state index in [0.29, 0.717) is 16.9 Å². The number of hydrogen-bond donors (Lipinski definition) is 4. The Morgan fingerprint density at radius 1 is 0.854 bits per heavy atom. The molecule has 0 spiro atoms. The summed E-state index contributed by atoms with van der Waals surface area (Å²) in [5.74, 6) is -0.835. The Bertz CT molecular complexity index is 2140. The maximum absolute atomic E-state index is 12.9. The molecule has 0 radical (unpaired) electrons. The zero-order valence-electron chi connectivity index (χ0n) is 25.0. The number of aromatic amines is 1. The molecule has 2 aliphatic rings. The van der Waals surface area contributed by atoms with Gasteiger partial charge in [-0.25, -0.2) is 29.5 Å². The molecule has 14 heteroatoms. The first kappa shape index (κ1) is 29.4. The Hall–Kier alpha value is -5.96. The van der Waals surface area contributed by atoms with Crippen molar-refractivity contribution < 1.29 is 33.6 Å². The molecule has 2 saturated heterocycles. The highest BCUT2D eigenvalue weighted by Gasteiger charge is 2.55. The Kier molecular flexibility index (Phi) is 7.57. The molecule has 0 saturated carbocycles. The zero-order valence-corrected chi connectivity index (χ0v) is 25.0. The minimum atomic E-state index is -1.17. The van der Waals surface area contributed by atoms with E-state index in [1.165, 1.54) is 24.7 Å². The standard InChI is InChI=1S/C34H27N7O7/c42-32(43)22-11-6-14-35-31(22)45-16-23-25-26(48-33(47-25)20-13-12-18-7-4-5-8-19(18)15-20)27(46-23)30-39-28-24(36-17-37-28)29(40-30)41-34(44)38-21-9-2-1-3-10-21/h1-15,17,23,25-27,33H,16H2,(H,42,43)(H3,36,37,38,39,40,41,44). The van der Waals surface area contributed by atoms with Gasteiger partial charge in [0.25, 0.3) is 0 Å². The van der Waals surface area contributed by atoms with Crippen LogP contribution in [0.3, 0.4) is 0 Å². The molecule has 3 aromatic heterocycles. The summed E-state index contributed by atoms with van der Waals surface area (Å²) in [6.45, 7) is -0.0992. The molecule has 5 unspecified atom stereocenters. The van der Waals surface area contributed by atoms with Crippen molar-refractivity contribution in [1.82, 2.24) is 24.9 Å². The van der Waals surface area contributed by atoms with Crippen LogP contribution < -0.4 is 15.4 Å². The number of pyridine rings is 1. The Balaban J connectivity index is 1.11. The fraction of sp³-hybridized carbons (Fsp3) is 0.176. The third kappa shape index (κ3) is 5.64. The molecule has 5 heterocycles. The van der Waals surface area contributed by atoms with Gasteiger partial charge in [0.2, 0.25) is 5.88 Å². The van der Waals surface area contributed by atoms with E-state index in [2.05, 4.69) is 35.6 Å². The van der Waals surface area contributed by atoms with E-state index in [0.717, 1.165) is 16.3 Å². The number of carbonyl (C=O) groups is 2. The molecule has 0 aliphatic carbocycles. The fourth-order valence-electron chi connectivity index (χ4n) is 5.90. The summed E-state index contributed by atoms with van der Waals surface area (Å²) in [4.78, 5) is 45.4. The number of amides is 2. The first-order chi connectivity index (χ1) is 23.5. The number of para-hydroxylation sites is 1. The van der Waals surface area contributed by atoms with Crippen molar-refractivity contribution in [2.24, 2.45) is 0 Å². The second kappa shape index (κ2) is 12.3. The maximum atomic E-state index is 12.9. The van der Waals surface area contributed by atoms with E-state index in [-0.39, 0.29) is 29.7 Å². The van der Waals surface area contributed by atoms with Crippen molar-refractivity contribution in [3.63, 3.8) is 0 Å². The molecule has 8 rings (SSSR count). The number of aromatic carboxylic acids is 1. The van der Waals surface area contributed by atoms with Gasteiger partial charge in [-0.05, 0) is 41.1 Å². The monoisotopic (exact) mass is 645 g/mol. The predicted octanol–water partition coefficient (Wildman–Crippen LogP) is 5.25. The van der Waals surface area contributed by atoms with E-state index in [9.17, 15) is 14.7 Å². The SMILES string of the molecule is O=C(Nc1ccccc1)Nc1nc(C2OC(COc3ncccc3C(=O)O)C3OC(c4ccc5ccccc5c4)OC23)nc2nc[nH]c12. The average Bonchev–Trinajstić information content (AvgIpc) is 3.84. The van der Waals surface area contributed by atoms with E-state index >= 15 is 0 Å². The van der Waals surface area contributed by atoms with Gasteiger partial charge in [-0.3, -0.25) is 5.32 Å². The lowest BCUT2D eigenvalue weighted by molar-refractivity contribution is -0.139. The highest BCUT2D eigenvalue weighted by molar-refractivity contribution is 6.03. The van der Waals surface area contributed by atoms with Crippen LogP contribution in [0.25, 0.3) is 21.9 Å². The average molecular weight is 646 g/mol. The van der Waals surface area contributed by atoms with Gasteiger partial charge in [0.1, 0.15) is 42.1 Å². The van der Waals surface area contributed by atoms with Gasteiger partial charge < -0.3 is 34.4 Å². The zero-order chi connectivity index (χ0) is 32.6. The van der Waals surface area contributed by atoms with Crippen LogP contribution in [0.15, 0.2) is 97.5 Å². The lowest BCUT2D eigenvalue weighted by atomic mass is 10.1. The molecule has 240 valence electrons. The van der Waals surface area contributed by atoms with Gasteiger partial charge in [0, 0.05) is 17.4 Å².